The van der Waals surface area contributed by atoms with Crippen LogP contribution in [0.15, 0.2) is 23.3 Å². The summed E-state index contributed by atoms with van der Waals surface area (Å²) >= 11 is 0. The number of nitrogens with one attached hydrogen (secondary N) is 3. The summed E-state index contributed by atoms with van der Waals surface area (Å²) in [5.74, 6) is 1.16. The number of carbonyl (C=O) groups is 1. The standard InChI is InChI=1S/C18H31N5O4/c1-18(2,3)27-17(24)22-10-9-21-16(19-4)23-13-14-7-6-8-20-15(14)26-12-11-25-5/h6-8H,9-13H2,1-5H3,(H,22,24)(H2,19,21,23). The van der Waals surface area contributed by atoms with E-state index in [0.717, 1.165) is 5.56 Å². The summed E-state index contributed by atoms with van der Waals surface area (Å²) < 4.78 is 15.8. The minimum Gasteiger partial charge on any atom is -0.475 e. The van der Waals surface area contributed by atoms with E-state index in [9.17, 15) is 4.79 Å². The Balaban J connectivity index is 2.37. The molecule has 0 radical (unpaired) electrons. The molecule has 0 aliphatic heterocycles. The number of guanidine groups is 1. The van der Waals surface area contributed by atoms with Crippen LogP contribution in [-0.2, 0) is 16.0 Å². The van der Waals surface area contributed by atoms with E-state index in [1.54, 1.807) is 20.4 Å². The van der Waals surface area contributed by atoms with Crippen LogP contribution in [0, 0.1) is 0 Å². The highest BCUT2D eigenvalue weighted by molar-refractivity contribution is 5.79. The van der Waals surface area contributed by atoms with Gasteiger partial charge in [-0.1, -0.05) is 6.07 Å². The smallest absolute Gasteiger partial charge is 0.407 e. The fourth-order valence-corrected chi connectivity index (χ4v) is 1.97. The average Bonchev–Trinajstić information content (AvgIpc) is 2.61. The Morgan fingerprint density at radius 1 is 1.19 bits per heavy atom. The first kappa shape index (κ1) is 22.5. The van der Waals surface area contributed by atoms with Gasteiger partial charge in [0.1, 0.15) is 12.2 Å². The molecule has 27 heavy (non-hydrogen) atoms. The first-order chi connectivity index (χ1) is 12.9. The molecule has 0 aliphatic carbocycles. The summed E-state index contributed by atoms with van der Waals surface area (Å²) in [5, 5.41) is 8.99. The lowest BCUT2D eigenvalue weighted by Crippen LogP contribution is -2.42. The predicted molar refractivity (Wildman–Crippen MR) is 104 cm³/mol. The number of alkyl carbamates (subject to hydrolysis) is 1. The van der Waals surface area contributed by atoms with E-state index in [1.807, 2.05) is 32.9 Å². The van der Waals surface area contributed by atoms with Crippen molar-refractivity contribution in [1.29, 1.82) is 0 Å². The molecule has 1 aromatic heterocycles. The zero-order valence-corrected chi connectivity index (χ0v) is 16.8. The Hall–Kier alpha value is -2.55. The van der Waals surface area contributed by atoms with Crippen LogP contribution in [0.3, 0.4) is 0 Å². The number of hydrogen-bond acceptors (Lipinski definition) is 6. The highest BCUT2D eigenvalue weighted by Crippen LogP contribution is 2.13. The minimum atomic E-state index is -0.512. The molecule has 0 spiro atoms. The molecule has 9 nitrogen and oxygen atoms in total. The van der Waals surface area contributed by atoms with Crippen LogP contribution in [0.25, 0.3) is 0 Å². The van der Waals surface area contributed by atoms with Crippen molar-refractivity contribution in [2.75, 3.05) is 40.5 Å². The number of aromatic nitrogens is 1. The van der Waals surface area contributed by atoms with Gasteiger partial charge in [-0.2, -0.15) is 0 Å². The van der Waals surface area contributed by atoms with Crippen molar-refractivity contribution >= 4 is 12.1 Å². The van der Waals surface area contributed by atoms with Crippen LogP contribution in [0.2, 0.25) is 0 Å². The zero-order chi connectivity index (χ0) is 20.1. The van der Waals surface area contributed by atoms with Gasteiger partial charge in [-0.05, 0) is 26.8 Å². The number of pyridine rings is 1. The Kier molecular flexibility index (Phi) is 9.95. The summed E-state index contributed by atoms with van der Waals surface area (Å²) in [7, 11) is 3.30. The number of amides is 1. The fourth-order valence-electron chi connectivity index (χ4n) is 1.97. The van der Waals surface area contributed by atoms with Crippen molar-refractivity contribution in [2.45, 2.75) is 32.9 Å². The van der Waals surface area contributed by atoms with Gasteiger partial charge in [-0.3, -0.25) is 4.99 Å². The molecule has 152 valence electrons. The van der Waals surface area contributed by atoms with Crippen LogP contribution in [-0.4, -0.2) is 63.1 Å². The summed E-state index contributed by atoms with van der Waals surface area (Å²) in [6.07, 6.45) is 1.24. The number of nitrogens with zero attached hydrogens (tertiary/aromatic N) is 2. The van der Waals surface area contributed by atoms with Gasteiger partial charge in [0, 0.05) is 45.6 Å². The SMILES string of the molecule is CN=C(NCCNC(=O)OC(C)(C)C)NCc1cccnc1OCCOC. The largest absolute Gasteiger partial charge is 0.475 e. The molecule has 0 aromatic carbocycles. The normalized spacial score (nSPS) is 11.7. The lowest BCUT2D eigenvalue weighted by molar-refractivity contribution is 0.0529. The molecule has 9 heteroatoms. The summed E-state index contributed by atoms with van der Waals surface area (Å²) in [4.78, 5) is 20.0. The number of carbonyl (C=O) groups excluding carboxylic acids is 1. The Bertz CT molecular complexity index is 602. The maximum Gasteiger partial charge on any atom is 0.407 e. The highest BCUT2D eigenvalue weighted by Gasteiger charge is 2.15. The number of hydrogen-bond donors (Lipinski definition) is 3. The van der Waals surface area contributed by atoms with Gasteiger partial charge in [0.25, 0.3) is 0 Å². The fraction of sp³-hybridized carbons (Fsp3) is 0.611. The molecular formula is C18H31N5O4. The van der Waals surface area contributed by atoms with Gasteiger partial charge in [-0.25, -0.2) is 9.78 Å². The van der Waals surface area contributed by atoms with Crippen molar-refractivity contribution in [3.8, 4) is 5.88 Å². The summed E-state index contributed by atoms with van der Waals surface area (Å²) in [6, 6.07) is 3.78. The number of methoxy groups -OCH3 is 1. The molecule has 0 fully saturated rings. The van der Waals surface area contributed by atoms with Crippen LogP contribution >= 0.6 is 0 Å². The number of ether oxygens (including phenoxy) is 3. The summed E-state index contributed by atoms with van der Waals surface area (Å²) in [5.41, 5.74) is 0.394. The first-order valence-electron chi connectivity index (χ1n) is 8.82. The number of aliphatic imine (C=N–C) groups is 1. The van der Waals surface area contributed by atoms with Gasteiger partial charge in [0.15, 0.2) is 5.96 Å². The topological polar surface area (TPSA) is 106 Å². The highest BCUT2D eigenvalue weighted by atomic mass is 16.6. The molecule has 0 bridgehead atoms. The van der Waals surface area contributed by atoms with Crippen molar-refractivity contribution < 1.29 is 19.0 Å². The second-order valence-electron chi connectivity index (χ2n) is 6.59. The molecule has 1 rings (SSSR count). The maximum absolute atomic E-state index is 11.6. The Labute approximate surface area is 160 Å². The maximum atomic E-state index is 11.6. The van der Waals surface area contributed by atoms with Crippen molar-refractivity contribution in [1.82, 2.24) is 20.9 Å². The van der Waals surface area contributed by atoms with Crippen molar-refractivity contribution in [2.24, 2.45) is 4.99 Å². The van der Waals surface area contributed by atoms with E-state index in [0.29, 0.717) is 44.7 Å². The monoisotopic (exact) mass is 381 g/mol. The zero-order valence-electron chi connectivity index (χ0n) is 16.8. The third kappa shape index (κ3) is 10.2. The molecular weight excluding hydrogens is 350 g/mol. The molecule has 0 aliphatic rings. The first-order valence-corrected chi connectivity index (χ1v) is 8.82. The lowest BCUT2D eigenvalue weighted by Gasteiger charge is -2.20. The second-order valence-corrected chi connectivity index (χ2v) is 6.59. The Morgan fingerprint density at radius 2 is 1.93 bits per heavy atom. The van der Waals surface area contributed by atoms with E-state index < -0.39 is 11.7 Å². The summed E-state index contributed by atoms with van der Waals surface area (Å²) in [6.45, 7) is 7.81. The number of rotatable bonds is 9. The van der Waals surface area contributed by atoms with Gasteiger partial charge in [0.2, 0.25) is 5.88 Å². The van der Waals surface area contributed by atoms with Crippen molar-refractivity contribution in [3.63, 3.8) is 0 Å². The van der Waals surface area contributed by atoms with Gasteiger partial charge < -0.3 is 30.2 Å². The molecule has 0 unspecified atom stereocenters. The lowest BCUT2D eigenvalue weighted by atomic mass is 10.2. The average molecular weight is 381 g/mol. The van der Waals surface area contributed by atoms with Gasteiger partial charge in [0.05, 0.1) is 6.61 Å². The van der Waals surface area contributed by atoms with E-state index in [4.69, 9.17) is 14.2 Å². The van der Waals surface area contributed by atoms with Crippen LogP contribution in [0.5, 0.6) is 5.88 Å². The van der Waals surface area contributed by atoms with E-state index in [-0.39, 0.29) is 0 Å². The van der Waals surface area contributed by atoms with Gasteiger partial charge >= 0.3 is 6.09 Å². The molecule has 0 saturated heterocycles. The van der Waals surface area contributed by atoms with Crippen LogP contribution < -0.4 is 20.7 Å². The molecule has 0 atom stereocenters. The molecule has 3 N–H and O–H groups in total. The Morgan fingerprint density at radius 3 is 2.59 bits per heavy atom. The third-order valence-electron chi connectivity index (χ3n) is 3.13. The molecule has 1 heterocycles. The van der Waals surface area contributed by atoms with E-state index >= 15 is 0 Å². The molecule has 1 aromatic rings. The van der Waals surface area contributed by atoms with Crippen LogP contribution in [0.1, 0.15) is 26.3 Å². The molecule has 0 saturated carbocycles. The minimum absolute atomic E-state index is 0.411. The molecule has 1 amide bonds. The van der Waals surface area contributed by atoms with Gasteiger partial charge in [-0.15, -0.1) is 0 Å². The van der Waals surface area contributed by atoms with Crippen molar-refractivity contribution in [3.05, 3.63) is 23.9 Å². The quantitative estimate of drug-likeness (QED) is 0.336. The van der Waals surface area contributed by atoms with Crippen LogP contribution in [0.4, 0.5) is 4.79 Å². The predicted octanol–water partition coefficient (Wildman–Crippen LogP) is 1.30. The van der Waals surface area contributed by atoms with E-state index in [1.165, 1.54) is 0 Å². The van der Waals surface area contributed by atoms with E-state index in [2.05, 4.69) is 25.9 Å². The third-order valence-corrected chi connectivity index (χ3v) is 3.13. The second kappa shape index (κ2) is 11.9.